The van der Waals surface area contributed by atoms with Crippen LogP contribution in [0.2, 0.25) is 0 Å². The van der Waals surface area contributed by atoms with Crippen LogP contribution in [-0.4, -0.2) is 48.1 Å². The summed E-state index contributed by atoms with van der Waals surface area (Å²) in [6.07, 6.45) is 1.85. The highest BCUT2D eigenvalue weighted by Crippen LogP contribution is 2.27. The van der Waals surface area contributed by atoms with Crippen molar-refractivity contribution in [1.29, 1.82) is 0 Å². The summed E-state index contributed by atoms with van der Waals surface area (Å²) in [4.78, 5) is 14.0. The average Bonchev–Trinajstić information content (AvgIpc) is 2.77. The number of likely N-dealkylation sites (N-methyl/N-ethyl adjacent to an activating group) is 1. The Morgan fingerprint density at radius 3 is 2.24 bits per heavy atom. The van der Waals surface area contributed by atoms with Gasteiger partial charge in [0.05, 0.1) is 0 Å². The summed E-state index contributed by atoms with van der Waals surface area (Å²) in [6.45, 7) is 13.0. The van der Waals surface area contributed by atoms with Crippen molar-refractivity contribution in [1.82, 2.24) is 14.9 Å². The Bertz CT molecular complexity index is 1050. The van der Waals surface area contributed by atoms with Gasteiger partial charge in [0.2, 0.25) is 5.95 Å². The Labute approximate surface area is 203 Å². The fourth-order valence-corrected chi connectivity index (χ4v) is 3.78. The first-order chi connectivity index (χ1) is 15.3. The summed E-state index contributed by atoms with van der Waals surface area (Å²) in [5.41, 5.74) is 5.65. The van der Waals surface area contributed by atoms with Crippen LogP contribution in [0, 0.1) is 6.92 Å². The van der Waals surface area contributed by atoms with E-state index < -0.39 is 0 Å². The molecule has 3 aromatic rings. The first-order valence-electron chi connectivity index (χ1n) is 11.3. The number of nitrogens with zero attached hydrogens (tertiary/aromatic N) is 4. The van der Waals surface area contributed by atoms with Crippen LogP contribution >= 0.6 is 12.4 Å². The lowest BCUT2D eigenvalue weighted by molar-refractivity contribution is 0.313. The fourth-order valence-electron chi connectivity index (χ4n) is 3.78. The molecule has 1 aliphatic rings. The summed E-state index contributed by atoms with van der Waals surface area (Å²) in [5.74, 6) is 1.39. The van der Waals surface area contributed by atoms with Crippen molar-refractivity contribution in [2.45, 2.75) is 33.1 Å². The summed E-state index contributed by atoms with van der Waals surface area (Å²) >= 11 is 0. The fraction of sp³-hybridized carbons (Fsp3) is 0.385. The highest BCUT2D eigenvalue weighted by atomic mass is 35.5. The maximum atomic E-state index is 4.73. The van der Waals surface area contributed by atoms with Gasteiger partial charge in [0, 0.05) is 55.0 Å². The van der Waals surface area contributed by atoms with Crippen molar-refractivity contribution in [3.63, 3.8) is 0 Å². The van der Waals surface area contributed by atoms with E-state index in [9.17, 15) is 0 Å². The van der Waals surface area contributed by atoms with E-state index in [-0.39, 0.29) is 17.8 Å². The van der Waals surface area contributed by atoms with E-state index in [0.29, 0.717) is 5.95 Å². The minimum absolute atomic E-state index is 0. The number of anilines is 5. The van der Waals surface area contributed by atoms with Crippen LogP contribution in [0.15, 0.2) is 54.7 Å². The van der Waals surface area contributed by atoms with Crippen molar-refractivity contribution in [3.05, 3.63) is 65.9 Å². The molecule has 7 heteroatoms. The second-order valence-electron chi connectivity index (χ2n) is 9.64. The molecule has 1 aliphatic heterocycles. The summed E-state index contributed by atoms with van der Waals surface area (Å²) in [7, 11) is 2.18. The Morgan fingerprint density at radius 2 is 1.58 bits per heavy atom. The molecule has 0 atom stereocenters. The second kappa shape index (κ2) is 10.4. The van der Waals surface area contributed by atoms with E-state index in [1.807, 2.05) is 13.1 Å². The first-order valence-corrected chi connectivity index (χ1v) is 11.3. The van der Waals surface area contributed by atoms with Gasteiger partial charge in [-0.25, -0.2) is 4.98 Å². The van der Waals surface area contributed by atoms with Crippen molar-refractivity contribution in [3.8, 4) is 0 Å². The van der Waals surface area contributed by atoms with Crippen molar-refractivity contribution in [2.75, 3.05) is 48.8 Å². The molecule has 1 fully saturated rings. The molecule has 4 rings (SSSR count). The minimum atomic E-state index is 0. The Balaban J connectivity index is 0.00000306. The van der Waals surface area contributed by atoms with Gasteiger partial charge in [0.25, 0.3) is 0 Å². The quantitative estimate of drug-likeness (QED) is 0.499. The number of nitrogens with one attached hydrogen (secondary N) is 2. The maximum absolute atomic E-state index is 4.73. The van der Waals surface area contributed by atoms with E-state index in [1.54, 1.807) is 0 Å². The van der Waals surface area contributed by atoms with Crippen LogP contribution in [0.4, 0.5) is 28.8 Å². The van der Waals surface area contributed by atoms with Gasteiger partial charge in [0.1, 0.15) is 5.82 Å². The smallest absolute Gasteiger partial charge is 0.229 e. The molecule has 0 spiro atoms. The molecule has 2 heterocycles. The Morgan fingerprint density at radius 1 is 0.879 bits per heavy atom. The third-order valence-corrected chi connectivity index (χ3v) is 5.95. The molecule has 0 saturated carbocycles. The molecule has 176 valence electrons. The summed E-state index contributed by atoms with van der Waals surface area (Å²) in [6, 6.07) is 17.0. The van der Waals surface area contributed by atoms with E-state index >= 15 is 0 Å². The maximum Gasteiger partial charge on any atom is 0.229 e. The van der Waals surface area contributed by atoms with Crippen molar-refractivity contribution >= 4 is 41.2 Å². The van der Waals surface area contributed by atoms with Gasteiger partial charge >= 0.3 is 0 Å². The van der Waals surface area contributed by atoms with Crippen LogP contribution in [-0.2, 0) is 5.41 Å². The number of rotatable bonds is 5. The standard InChI is InChI=1S/C26H34N6.ClH/c1-19-18-27-25(30-24(19)28-22-8-6-7-20(17-22)26(2,3)4)29-21-9-11-23(12-10-21)32-15-13-31(5)14-16-32;/h6-12,17-18H,13-16H2,1-5H3,(H2,27,28,29,30);1H. The highest BCUT2D eigenvalue weighted by Gasteiger charge is 2.15. The molecule has 1 aromatic heterocycles. The predicted molar refractivity (Wildman–Crippen MR) is 142 cm³/mol. The van der Waals surface area contributed by atoms with E-state index in [1.165, 1.54) is 11.3 Å². The van der Waals surface area contributed by atoms with Crippen LogP contribution in [0.25, 0.3) is 0 Å². The third kappa shape index (κ3) is 6.36. The second-order valence-corrected chi connectivity index (χ2v) is 9.64. The largest absolute Gasteiger partial charge is 0.369 e. The van der Waals surface area contributed by atoms with Gasteiger partial charge in [-0.3, -0.25) is 0 Å². The van der Waals surface area contributed by atoms with Crippen molar-refractivity contribution < 1.29 is 0 Å². The topological polar surface area (TPSA) is 56.3 Å². The minimum Gasteiger partial charge on any atom is -0.369 e. The number of aromatic nitrogens is 2. The predicted octanol–water partition coefficient (Wildman–Crippen LogP) is 5.74. The number of piperazine rings is 1. The molecule has 2 N–H and O–H groups in total. The molecule has 0 aliphatic carbocycles. The van der Waals surface area contributed by atoms with Gasteiger partial charge in [-0.05, 0) is 61.3 Å². The van der Waals surface area contributed by atoms with E-state index in [0.717, 1.165) is 48.9 Å². The average molecular weight is 467 g/mol. The number of benzene rings is 2. The number of halogens is 1. The number of aryl methyl sites for hydroxylation is 1. The highest BCUT2D eigenvalue weighted by molar-refractivity contribution is 5.85. The number of hydrogen-bond donors (Lipinski definition) is 2. The zero-order valence-electron chi connectivity index (χ0n) is 20.2. The van der Waals surface area contributed by atoms with Crippen LogP contribution in [0.1, 0.15) is 31.9 Å². The molecular weight excluding hydrogens is 432 g/mol. The molecule has 1 saturated heterocycles. The summed E-state index contributed by atoms with van der Waals surface area (Å²) < 4.78 is 0. The monoisotopic (exact) mass is 466 g/mol. The van der Waals surface area contributed by atoms with Crippen LogP contribution < -0.4 is 15.5 Å². The van der Waals surface area contributed by atoms with Gasteiger partial charge in [-0.15, -0.1) is 12.4 Å². The number of hydrogen-bond acceptors (Lipinski definition) is 6. The molecular formula is C26H35ClN6. The van der Waals surface area contributed by atoms with Gasteiger partial charge in [-0.1, -0.05) is 32.9 Å². The molecule has 0 unspecified atom stereocenters. The lowest BCUT2D eigenvalue weighted by atomic mass is 9.87. The van der Waals surface area contributed by atoms with Gasteiger partial charge in [0.15, 0.2) is 0 Å². The van der Waals surface area contributed by atoms with Gasteiger partial charge in [-0.2, -0.15) is 4.98 Å². The Kier molecular flexibility index (Phi) is 7.82. The molecule has 0 radical (unpaired) electrons. The molecule has 0 bridgehead atoms. The molecule has 6 nitrogen and oxygen atoms in total. The van der Waals surface area contributed by atoms with Crippen molar-refractivity contribution in [2.24, 2.45) is 0 Å². The zero-order valence-corrected chi connectivity index (χ0v) is 21.0. The molecule has 0 amide bonds. The van der Waals surface area contributed by atoms with Gasteiger partial charge < -0.3 is 20.4 Å². The summed E-state index contributed by atoms with van der Waals surface area (Å²) in [5, 5.41) is 6.81. The SMILES string of the molecule is Cc1cnc(Nc2ccc(N3CCN(C)CC3)cc2)nc1Nc1cccc(C(C)(C)C)c1.Cl. The first kappa shape index (κ1) is 24.8. The van der Waals surface area contributed by atoms with Crippen LogP contribution in [0.5, 0.6) is 0 Å². The Hall–Kier alpha value is -2.83. The zero-order chi connectivity index (χ0) is 22.7. The molecule has 2 aromatic carbocycles. The van der Waals surface area contributed by atoms with Crippen LogP contribution in [0.3, 0.4) is 0 Å². The lowest BCUT2D eigenvalue weighted by Gasteiger charge is -2.34. The van der Waals surface area contributed by atoms with E-state index in [4.69, 9.17) is 4.98 Å². The molecule has 33 heavy (non-hydrogen) atoms. The van der Waals surface area contributed by atoms with E-state index in [2.05, 4.69) is 102 Å². The third-order valence-electron chi connectivity index (χ3n) is 5.95. The lowest BCUT2D eigenvalue weighted by Crippen LogP contribution is -2.44. The normalized spacial score (nSPS) is 14.5.